The fraction of sp³-hybridized carbons (Fsp3) is 0.0811. The van der Waals surface area contributed by atoms with E-state index in [1.54, 1.807) is 12.1 Å². The molecular weight excluding hydrogens is 540 g/mol. The molecule has 0 N–H and O–H groups in total. The van der Waals surface area contributed by atoms with E-state index in [9.17, 15) is 9.59 Å². The minimum atomic E-state index is -0.806. The molecule has 6 nitrogen and oxygen atoms in total. The molecule has 6 heteroatoms. The van der Waals surface area contributed by atoms with Crippen LogP contribution in [0.2, 0.25) is 0 Å². The van der Waals surface area contributed by atoms with Crippen LogP contribution >= 0.6 is 0 Å². The topological polar surface area (TPSA) is 71.1 Å². The second-order valence-corrected chi connectivity index (χ2v) is 9.96. The van der Waals surface area contributed by atoms with Crippen LogP contribution in [0.5, 0.6) is 11.5 Å². The summed E-state index contributed by atoms with van der Waals surface area (Å²) in [5.74, 6) is 0.726. The van der Waals surface area contributed by atoms with Crippen molar-refractivity contribution in [3.05, 3.63) is 156 Å². The van der Waals surface area contributed by atoms with E-state index in [0.29, 0.717) is 17.9 Å². The van der Waals surface area contributed by atoms with Crippen LogP contribution in [0.1, 0.15) is 22.3 Å². The van der Waals surface area contributed by atoms with Gasteiger partial charge in [0.1, 0.15) is 24.7 Å². The summed E-state index contributed by atoms with van der Waals surface area (Å²) in [6, 6.07) is 41.9. The highest BCUT2D eigenvalue weighted by Gasteiger charge is 2.20. The third-order valence-corrected chi connectivity index (χ3v) is 7.13. The fourth-order valence-corrected chi connectivity index (χ4v) is 5.04. The molecule has 43 heavy (non-hydrogen) atoms. The van der Waals surface area contributed by atoms with Gasteiger partial charge in [0.15, 0.2) is 0 Å². The summed E-state index contributed by atoms with van der Waals surface area (Å²) in [7, 11) is 0. The summed E-state index contributed by atoms with van der Waals surface area (Å²) in [5, 5.41) is 3.77. The molecule has 0 aliphatic carbocycles. The van der Waals surface area contributed by atoms with Gasteiger partial charge < -0.3 is 18.9 Å². The molecule has 0 amide bonds. The quantitative estimate of drug-likeness (QED) is 0.135. The molecule has 0 atom stereocenters. The van der Waals surface area contributed by atoms with Crippen LogP contribution in [-0.2, 0) is 29.1 Å². The Hall–Kier alpha value is -5.62. The Morgan fingerprint density at radius 2 is 0.837 bits per heavy atom. The number of carbonyl (C=O) groups is 2. The third-order valence-electron chi connectivity index (χ3n) is 7.13. The molecule has 0 aliphatic heterocycles. The van der Waals surface area contributed by atoms with Gasteiger partial charge in [-0.15, -0.1) is 0 Å². The van der Waals surface area contributed by atoms with E-state index < -0.39 is 12.3 Å². The highest BCUT2D eigenvalue weighted by Crippen LogP contribution is 2.36. The Bertz CT molecular complexity index is 1740. The number of hydrogen-bond donors (Lipinski definition) is 0. The maximum Gasteiger partial charge on any atom is 0.514 e. The Morgan fingerprint density at radius 1 is 0.442 bits per heavy atom. The minimum absolute atomic E-state index is 0.0923. The van der Waals surface area contributed by atoms with Gasteiger partial charge in [0.2, 0.25) is 0 Å². The van der Waals surface area contributed by atoms with Gasteiger partial charge in [0.25, 0.3) is 0 Å². The normalized spacial score (nSPS) is 10.8. The smallest absolute Gasteiger partial charge is 0.429 e. The molecular formula is C37H28O6. The van der Waals surface area contributed by atoms with Crippen LogP contribution in [0.15, 0.2) is 133 Å². The number of benzene rings is 6. The van der Waals surface area contributed by atoms with Crippen molar-refractivity contribution < 1.29 is 28.5 Å². The standard InChI is InChI=1S/C37H28O6/c38-36(40-24-26-11-3-1-4-12-26)42-34-21-19-28-15-7-9-17-30(28)32(34)23-33-31-18-10-8-16-29(31)20-22-35(33)43-37(39)41-25-27-13-5-2-6-14-27/h1-22H,23-25H2. The zero-order chi connectivity index (χ0) is 29.4. The predicted octanol–water partition coefficient (Wildman–Crippen LogP) is 9.01. The van der Waals surface area contributed by atoms with E-state index in [1.807, 2.05) is 121 Å². The Labute approximate surface area is 249 Å². The van der Waals surface area contributed by atoms with E-state index in [2.05, 4.69) is 0 Å². The van der Waals surface area contributed by atoms with Gasteiger partial charge in [-0.25, -0.2) is 9.59 Å². The Morgan fingerprint density at radius 3 is 1.28 bits per heavy atom. The van der Waals surface area contributed by atoms with E-state index in [4.69, 9.17) is 18.9 Å². The minimum Gasteiger partial charge on any atom is -0.429 e. The van der Waals surface area contributed by atoms with Crippen LogP contribution in [-0.4, -0.2) is 12.3 Å². The van der Waals surface area contributed by atoms with Crippen LogP contribution in [0, 0.1) is 0 Å². The van der Waals surface area contributed by atoms with Gasteiger partial charge in [0, 0.05) is 17.5 Å². The first kappa shape index (κ1) is 27.5. The number of carbonyl (C=O) groups excluding carboxylic acids is 2. The zero-order valence-corrected chi connectivity index (χ0v) is 23.3. The highest BCUT2D eigenvalue weighted by molar-refractivity contribution is 5.92. The van der Waals surface area contributed by atoms with Gasteiger partial charge in [-0.3, -0.25) is 0 Å². The van der Waals surface area contributed by atoms with E-state index >= 15 is 0 Å². The van der Waals surface area contributed by atoms with Crippen molar-refractivity contribution in [1.29, 1.82) is 0 Å². The van der Waals surface area contributed by atoms with Crippen molar-refractivity contribution in [2.45, 2.75) is 19.6 Å². The Balaban J connectivity index is 1.32. The third kappa shape index (κ3) is 6.66. The molecule has 0 radical (unpaired) electrons. The van der Waals surface area contributed by atoms with Crippen molar-refractivity contribution in [2.75, 3.05) is 0 Å². The molecule has 0 heterocycles. The lowest BCUT2D eigenvalue weighted by molar-refractivity contribution is 0.0919. The average molecular weight is 569 g/mol. The molecule has 0 spiro atoms. The summed E-state index contributed by atoms with van der Waals surface area (Å²) in [4.78, 5) is 25.6. The molecule has 6 aromatic carbocycles. The highest BCUT2D eigenvalue weighted by atomic mass is 16.7. The average Bonchev–Trinajstić information content (AvgIpc) is 3.05. The van der Waals surface area contributed by atoms with Crippen molar-refractivity contribution in [1.82, 2.24) is 0 Å². The first-order valence-corrected chi connectivity index (χ1v) is 13.9. The van der Waals surface area contributed by atoms with Crippen LogP contribution < -0.4 is 9.47 Å². The first-order valence-electron chi connectivity index (χ1n) is 13.9. The van der Waals surface area contributed by atoms with Gasteiger partial charge in [-0.2, -0.15) is 0 Å². The van der Waals surface area contributed by atoms with Crippen LogP contribution in [0.4, 0.5) is 9.59 Å². The lowest BCUT2D eigenvalue weighted by Crippen LogP contribution is -2.13. The van der Waals surface area contributed by atoms with E-state index in [1.165, 1.54) is 0 Å². The molecule has 0 saturated carbocycles. The van der Waals surface area contributed by atoms with Crippen molar-refractivity contribution >= 4 is 33.9 Å². The van der Waals surface area contributed by atoms with Crippen LogP contribution in [0.25, 0.3) is 21.5 Å². The Kier molecular flexibility index (Phi) is 8.27. The number of fused-ring (bicyclic) bond motifs is 2. The summed E-state index contributed by atoms with van der Waals surface area (Å²) in [6.45, 7) is 0.185. The van der Waals surface area contributed by atoms with E-state index in [-0.39, 0.29) is 13.2 Å². The molecule has 0 bridgehead atoms. The lowest BCUT2D eigenvalue weighted by Gasteiger charge is -2.17. The molecule has 0 aliphatic rings. The van der Waals surface area contributed by atoms with Gasteiger partial charge >= 0.3 is 12.3 Å². The maximum atomic E-state index is 12.8. The van der Waals surface area contributed by atoms with Gasteiger partial charge in [0.05, 0.1) is 0 Å². The molecule has 212 valence electrons. The van der Waals surface area contributed by atoms with Crippen molar-refractivity contribution in [2.24, 2.45) is 0 Å². The monoisotopic (exact) mass is 568 g/mol. The van der Waals surface area contributed by atoms with Gasteiger partial charge in [-0.1, -0.05) is 121 Å². The second kappa shape index (κ2) is 12.9. The summed E-state index contributed by atoms with van der Waals surface area (Å²) < 4.78 is 22.4. The molecule has 0 fully saturated rings. The number of ether oxygens (including phenoxy) is 4. The maximum absolute atomic E-state index is 12.8. The fourth-order valence-electron chi connectivity index (χ4n) is 5.04. The largest absolute Gasteiger partial charge is 0.514 e. The zero-order valence-electron chi connectivity index (χ0n) is 23.3. The van der Waals surface area contributed by atoms with Crippen molar-refractivity contribution in [3.63, 3.8) is 0 Å². The molecule has 6 rings (SSSR count). The SMILES string of the molecule is O=C(OCc1ccccc1)Oc1ccc2ccccc2c1Cc1c(OC(=O)OCc2ccccc2)ccc2ccccc12. The lowest BCUT2D eigenvalue weighted by atomic mass is 9.93. The summed E-state index contributed by atoms with van der Waals surface area (Å²) in [6.07, 6.45) is -1.30. The predicted molar refractivity (Wildman–Crippen MR) is 165 cm³/mol. The number of hydrogen-bond acceptors (Lipinski definition) is 6. The van der Waals surface area contributed by atoms with E-state index in [0.717, 1.165) is 43.8 Å². The molecule has 6 aromatic rings. The summed E-state index contributed by atoms with van der Waals surface area (Å²) in [5.41, 5.74) is 3.23. The second-order valence-electron chi connectivity index (χ2n) is 9.96. The summed E-state index contributed by atoms with van der Waals surface area (Å²) >= 11 is 0. The van der Waals surface area contributed by atoms with Crippen LogP contribution in [0.3, 0.4) is 0 Å². The first-order chi connectivity index (χ1) is 21.1. The van der Waals surface area contributed by atoms with Crippen molar-refractivity contribution in [3.8, 4) is 11.5 Å². The van der Waals surface area contributed by atoms with Gasteiger partial charge in [-0.05, 0) is 44.8 Å². The molecule has 0 aromatic heterocycles. The number of rotatable bonds is 8. The molecule has 0 saturated heterocycles. The molecule has 0 unspecified atom stereocenters.